The molecular weight excluding hydrogens is 763 g/mol. The van der Waals surface area contributed by atoms with E-state index >= 15 is 0 Å². The molecule has 11 aromatic rings. The molecule has 1 nitrogen and oxygen atoms in total. The van der Waals surface area contributed by atoms with Gasteiger partial charge in [0.25, 0.3) is 0 Å². The summed E-state index contributed by atoms with van der Waals surface area (Å²) in [5.74, 6) is 0. The second kappa shape index (κ2) is 14.7. The van der Waals surface area contributed by atoms with Gasteiger partial charge in [-0.2, -0.15) is 0 Å². The van der Waals surface area contributed by atoms with Crippen molar-refractivity contribution in [2.45, 2.75) is 0 Å². The van der Waals surface area contributed by atoms with Gasteiger partial charge >= 0.3 is 0 Å². The molecule has 1 heterocycles. The third-order valence-electron chi connectivity index (χ3n) is 13.1. The van der Waals surface area contributed by atoms with Crippen molar-refractivity contribution in [1.29, 1.82) is 0 Å². The van der Waals surface area contributed by atoms with Crippen LogP contribution in [0, 0.1) is 0 Å². The van der Waals surface area contributed by atoms with E-state index in [2.05, 4.69) is 254 Å². The van der Waals surface area contributed by atoms with Crippen molar-refractivity contribution in [3.05, 3.63) is 249 Å². The van der Waals surface area contributed by atoms with Gasteiger partial charge in [-0.1, -0.05) is 218 Å². The molecule has 0 aliphatic carbocycles. The quantitative estimate of drug-likeness (QED) is 0.115. The molecule has 11 aromatic carbocycles. The Morgan fingerprint density at radius 1 is 0.290 bits per heavy atom. The zero-order valence-corrected chi connectivity index (χ0v) is 35.1. The van der Waals surface area contributed by atoms with Gasteiger partial charge in [-0.3, -0.25) is 0 Å². The van der Waals surface area contributed by atoms with Crippen molar-refractivity contribution >= 4 is 78.2 Å². The number of rotatable bonds is 7. The van der Waals surface area contributed by atoms with Crippen molar-refractivity contribution in [3.63, 3.8) is 0 Å². The Morgan fingerprint density at radius 3 is 1.40 bits per heavy atom. The summed E-state index contributed by atoms with van der Waals surface area (Å²) in [5.41, 5.74) is 10.9. The summed E-state index contributed by atoms with van der Waals surface area (Å²) < 4.78 is 0. The molecule has 0 spiro atoms. The molecule has 12 rings (SSSR count). The molecule has 0 bridgehead atoms. The number of hydrogen-bond donors (Lipinski definition) is 0. The minimum atomic E-state index is -2.76. The van der Waals surface area contributed by atoms with Gasteiger partial charge in [-0.25, -0.2) is 0 Å². The molecule has 290 valence electrons. The molecule has 0 unspecified atom stereocenters. The average Bonchev–Trinajstić information content (AvgIpc) is 3.66. The van der Waals surface area contributed by atoms with E-state index in [1.165, 1.54) is 86.4 Å². The second-order valence-electron chi connectivity index (χ2n) is 16.4. The van der Waals surface area contributed by atoms with Crippen molar-refractivity contribution in [2.24, 2.45) is 0 Å². The van der Waals surface area contributed by atoms with Crippen LogP contribution in [0.3, 0.4) is 0 Å². The summed E-state index contributed by atoms with van der Waals surface area (Å²) in [7, 11) is -2.76. The maximum atomic E-state index is 2.53. The summed E-state index contributed by atoms with van der Waals surface area (Å²) in [6.07, 6.45) is 0. The topological polar surface area (TPSA) is 3.24 Å². The molecule has 0 saturated heterocycles. The first-order valence-corrected chi connectivity index (χ1v) is 23.5. The van der Waals surface area contributed by atoms with Gasteiger partial charge in [-0.05, 0) is 111 Å². The van der Waals surface area contributed by atoms with Gasteiger partial charge in [0, 0.05) is 16.8 Å². The van der Waals surface area contributed by atoms with Crippen LogP contribution in [0.2, 0.25) is 0 Å². The average molecular weight is 804 g/mol. The van der Waals surface area contributed by atoms with Crippen LogP contribution in [-0.4, -0.2) is 8.07 Å². The highest BCUT2D eigenvalue weighted by Gasteiger charge is 2.49. The lowest BCUT2D eigenvalue weighted by Gasteiger charge is -2.32. The summed E-state index contributed by atoms with van der Waals surface area (Å²) in [4.78, 5) is 2.43. The van der Waals surface area contributed by atoms with Crippen LogP contribution < -0.4 is 25.6 Å². The Labute approximate surface area is 363 Å². The summed E-state index contributed by atoms with van der Waals surface area (Å²) in [5, 5.41) is 13.4. The van der Waals surface area contributed by atoms with Crippen LogP contribution >= 0.6 is 0 Å². The molecule has 62 heavy (non-hydrogen) atoms. The molecule has 0 radical (unpaired) electrons. The highest BCUT2D eigenvalue weighted by molar-refractivity contribution is 7.23. The lowest BCUT2D eigenvalue weighted by atomic mass is 9.97. The van der Waals surface area contributed by atoms with Crippen LogP contribution in [0.25, 0.3) is 65.7 Å². The normalized spacial score (nSPS) is 12.6. The Bertz CT molecular complexity index is 3390. The zero-order valence-electron chi connectivity index (χ0n) is 34.1. The van der Waals surface area contributed by atoms with Crippen molar-refractivity contribution < 1.29 is 0 Å². The van der Waals surface area contributed by atoms with Crippen LogP contribution in [-0.2, 0) is 0 Å². The summed E-state index contributed by atoms with van der Waals surface area (Å²) in [6, 6.07) is 92.4. The van der Waals surface area contributed by atoms with Gasteiger partial charge in [0.15, 0.2) is 8.07 Å². The lowest BCUT2D eigenvalue weighted by molar-refractivity contribution is 1.30. The standard InChI is InChI=1S/C60H41NSi/c1-4-16-42(17-5-1)43-28-34-48(35-29-43)61(58-40-47-19-11-12-24-52(47)54-26-14-15-27-55(54)58)49-36-30-44(31-37-49)46-33-38-56-57-39-32-45-18-10-13-25-53(45)60(57)62(59(56)41-46,50-20-6-2-7-21-50)51-22-8-3-9-23-51/h1-41H. The highest BCUT2D eigenvalue weighted by atomic mass is 28.3. The molecule has 0 fully saturated rings. The number of hydrogen-bond acceptors (Lipinski definition) is 1. The fourth-order valence-corrected chi connectivity index (χ4v) is 15.8. The van der Waals surface area contributed by atoms with Crippen LogP contribution in [0.15, 0.2) is 249 Å². The van der Waals surface area contributed by atoms with E-state index in [1.54, 1.807) is 0 Å². The van der Waals surface area contributed by atoms with Crippen LogP contribution in [0.4, 0.5) is 17.1 Å². The molecule has 0 atom stereocenters. The van der Waals surface area contributed by atoms with E-state index in [4.69, 9.17) is 0 Å². The molecule has 0 saturated carbocycles. The maximum absolute atomic E-state index is 2.76. The highest BCUT2D eigenvalue weighted by Crippen LogP contribution is 2.43. The summed E-state index contributed by atoms with van der Waals surface area (Å²) >= 11 is 0. The largest absolute Gasteiger partial charge is 0.310 e. The van der Waals surface area contributed by atoms with E-state index in [0.29, 0.717) is 0 Å². The Kier molecular flexibility index (Phi) is 8.58. The minimum Gasteiger partial charge on any atom is -0.310 e. The molecule has 1 aliphatic rings. The van der Waals surface area contributed by atoms with Crippen molar-refractivity contribution in [3.8, 4) is 33.4 Å². The smallest absolute Gasteiger partial charge is 0.181 e. The second-order valence-corrected chi connectivity index (χ2v) is 20.1. The maximum Gasteiger partial charge on any atom is 0.181 e. The molecule has 0 amide bonds. The van der Waals surface area contributed by atoms with E-state index in [-0.39, 0.29) is 0 Å². The predicted molar refractivity (Wildman–Crippen MR) is 267 cm³/mol. The molecular formula is C60H41NSi. The minimum absolute atomic E-state index is 1.11. The fraction of sp³-hybridized carbons (Fsp3) is 0. The number of nitrogens with zero attached hydrogens (tertiary/aromatic N) is 1. The van der Waals surface area contributed by atoms with Gasteiger partial charge < -0.3 is 4.90 Å². The first kappa shape index (κ1) is 36.1. The first-order valence-electron chi connectivity index (χ1n) is 21.5. The van der Waals surface area contributed by atoms with E-state index in [0.717, 1.165) is 17.1 Å². The molecule has 0 N–H and O–H groups in total. The summed E-state index contributed by atoms with van der Waals surface area (Å²) in [6.45, 7) is 0. The third kappa shape index (κ3) is 5.69. The number of fused-ring (bicyclic) bond motifs is 8. The van der Waals surface area contributed by atoms with E-state index in [1.807, 2.05) is 0 Å². The van der Waals surface area contributed by atoms with Crippen molar-refractivity contribution in [1.82, 2.24) is 0 Å². The monoisotopic (exact) mass is 803 g/mol. The van der Waals surface area contributed by atoms with E-state index < -0.39 is 8.07 Å². The number of benzene rings is 11. The fourth-order valence-electron chi connectivity index (χ4n) is 10.3. The SMILES string of the molecule is c1ccc(-c2ccc(N(c3ccc(-c4ccc5c(c4)[Si](c4ccccc4)(c4ccccc4)c4c-5ccc5ccccc45)cc3)c3cc4ccccc4c4ccccc34)cc2)cc1. The van der Waals surface area contributed by atoms with Crippen LogP contribution in [0.1, 0.15) is 0 Å². The lowest BCUT2D eigenvalue weighted by Crippen LogP contribution is -2.73. The molecule has 1 aliphatic heterocycles. The first-order chi connectivity index (χ1) is 30.8. The van der Waals surface area contributed by atoms with Gasteiger partial charge in [0.2, 0.25) is 0 Å². The predicted octanol–water partition coefficient (Wildman–Crippen LogP) is 13.3. The van der Waals surface area contributed by atoms with Gasteiger partial charge in [0.1, 0.15) is 0 Å². The third-order valence-corrected chi connectivity index (χ3v) is 18.0. The van der Waals surface area contributed by atoms with Gasteiger partial charge in [0.05, 0.1) is 5.69 Å². The Hall–Kier alpha value is -7.78. The van der Waals surface area contributed by atoms with E-state index in [9.17, 15) is 0 Å². The zero-order chi connectivity index (χ0) is 41.0. The Balaban J connectivity index is 1.03. The van der Waals surface area contributed by atoms with Crippen molar-refractivity contribution in [2.75, 3.05) is 4.90 Å². The van der Waals surface area contributed by atoms with Crippen LogP contribution in [0.5, 0.6) is 0 Å². The molecule has 2 heteroatoms. The van der Waals surface area contributed by atoms with Gasteiger partial charge in [-0.15, -0.1) is 0 Å². The number of anilines is 3. The molecule has 0 aromatic heterocycles. The Morgan fingerprint density at radius 2 is 0.758 bits per heavy atom.